The first-order valence-corrected chi connectivity index (χ1v) is 9.80. The number of rotatable bonds is 5. The van der Waals surface area contributed by atoms with Crippen LogP contribution in [-0.2, 0) is 17.8 Å². The van der Waals surface area contributed by atoms with E-state index in [0.29, 0.717) is 17.2 Å². The maximum Gasteiger partial charge on any atom is 0.257 e. The van der Waals surface area contributed by atoms with Crippen LogP contribution in [0.3, 0.4) is 0 Å². The number of nitrogens with zero attached hydrogens (tertiary/aromatic N) is 1. The second kappa shape index (κ2) is 7.90. The number of hydrogen-bond acceptors (Lipinski definition) is 4. The minimum atomic E-state index is -0.394. The van der Waals surface area contributed by atoms with Gasteiger partial charge in [-0.25, -0.2) is 9.37 Å². The van der Waals surface area contributed by atoms with Gasteiger partial charge < -0.3 is 5.32 Å². The lowest BCUT2D eigenvalue weighted by Crippen LogP contribution is -2.28. The molecule has 2 amide bonds. The quantitative estimate of drug-likeness (QED) is 0.689. The van der Waals surface area contributed by atoms with E-state index in [4.69, 9.17) is 0 Å². The topological polar surface area (TPSA) is 71.1 Å². The minimum Gasteiger partial charge on any atom is -0.351 e. The monoisotopic (exact) mass is 395 g/mol. The molecule has 0 bridgehead atoms. The molecule has 0 saturated carbocycles. The van der Waals surface area contributed by atoms with Gasteiger partial charge in [-0.2, -0.15) is 0 Å². The molecule has 0 saturated heterocycles. The third-order valence-electron chi connectivity index (χ3n) is 4.67. The van der Waals surface area contributed by atoms with Crippen LogP contribution in [-0.4, -0.2) is 16.8 Å². The van der Waals surface area contributed by atoms with E-state index in [1.807, 2.05) is 30.3 Å². The van der Waals surface area contributed by atoms with Crippen LogP contribution in [0.25, 0.3) is 0 Å². The van der Waals surface area contributed by atoms with E-state index in [2.05, 4.69) is 15.6 Å². The molecular formula is C21H18FN3O2S. The van der Waals surface area contributed by atoms with Crippen molar-refractivity contribution in [1.82, 2.24) is 10.3 Å². The number of amides is 2. The standard InChI is InChI=1S/C21H18FN3O2S/c22-15-8-6-14(7-9-15)19(26)25-21-24-18-16(10-11-17(18)28-21)20(27)23-12-13-4-2-1-3-5-13/h1-9,16H,10-12H2,(H,23,27)(H,24,25,26). The lowest BCUT2D eigenvalue weighted by molar-refractivity contribution is -0.122. The largest absolute Gasteiger partial charge is 0.351 e. The van der Waals surface area contributed by atoms with E-state index in [9.17, 15) is 14.0 Å². The van der Waals surface area contributed by atoms with Gasteiger partial charge in [0.2, 0.25) is 5.91 Å². The molecule has 1 aliphatic carbocycles. The number of anilines is 1. The van der Waals surface area contributed by atoms with Gasteiger partial charge in [0.05, 0.1) is 11.6 Å². The summed E-state index contributed by atoms with van der Waals surface area (Å²) in [5, 5.41) is 6.16. The SMILES string of the molecule is O=C(Nc1nc2c(s1)CCC2C(=O)NCc1ccccc1)c1ccc(F)cc1. The molecule has 1 aromatic heterocycles. The van der Waals surface area contributed by atoms with Crippen LogP contribution in [0.1, 0.15) is 38.8 Å². The second-order valence-electron chi connectivity index (χ2n) is 6.58. The fourth-order valence-electron chi connectivity index (χ4n) is 3.21. The molecule has 1 atom stereocenters. The Balaban J connectivity index is 1.41. The van der Waals surface area contributed by atoms with Crippen molar-refractivity contribution in [3.63, 3.8) is 0 Å². The highest BCUT2D eigenvalue weighted by Crippen LogP contribution is 2.38. The molecule has 1 heterocycles. The van der Waals surface area contributed by atoms with E-state index in [-0.39, 0.29) is 17.7 Å². The maximum absolute atomic E-state index is 13.0. The van der Waals surface area contributed by atoms with Crippen molar-refractivity contribution in [2.24, 2.45) is 0 Å². The van der Waals surface area contributed by atoms with Crippen molar-refractivity contribution in [1.29, 1.82) is 0 Å². The number of aromatic nitrogens is 1. The molecule has 2 N–H and O–H groups in total. The number of aryl methyl sites for hydroxylation is 1. The molecule has 2 aromatic carbocycles. The Morgan fingerprint density at radius 3 is 2.61 bits per heavy atom. The highest BCUT2D eigenvalue weighted by atomic mass is 32.1. The summed E-state index contributed by atoms with van der Waals surface area (Å²) in [4.78, 5) is 30.4. The molecule has 0 aliphatic heterocycles. The Morgan fingerprint density at radius 1 is 1.11 bits per heavy atom. The number of hydrogen-bond donors (Lipinski definition) is 2. The van der Waals surface area contributed by atoms with Crippen molar-refractivity contribution >= 4 is 28.3 Å². The molecule has 4 rings (SSSR count). The molecule has 1 unspecified atom stereocenters. The average Bonchev–Trinajstić information content (AvgIpc) is 3.27. The summed E-state index contributed by atoms with van der Waals surface area (Å²) in [5.41, 5.74) is 2.14. The Bertz CT molecular complexity index is 1000. The van der Waals surface area contributed by atoms with Gasteiger partial charge in [0.15, 0.2) is 5.13 Å². The Hall–Kier alpha value is -3.06. The normalized spacial score (nSPS) is 15.1. The van der Waals surface area contributed by atoms with Crippen molar-refractivity contribution in [3.8, 4) is 0 Å². The van der Waals surface area contributed by atoms with Gasteiger partial charge in [0, 0.05) is 17.0 Å². The first-order valence-electron chi connectivity index (χ1n) is 8.98. The summed E-state index contributed by atoms with van der Waals surface area (Å²) in [7, 11) is 0. The second-order valence-corrected chi connectivity index (χ2v) is 7.67. The highest BCUT2D eigenvalue weighted by molar-refractivity contribution is 7.16. The van der Waals surface area contributed by atoms with Gasteiger partial charge in [-0.15, -0.1) is 11.3 Å². The predicted octanol–water partition coefficient (Wildman–Crippen LogP) is 3.88. The number of halogens is 1. The summed E-state index contributed by atoms with van der Waals surface area (Å²) >= 11 is 1.39. The molecule has 0 fully saturated rings. The summed E-state index contributed by atoms with van der Waals surface area (Å²) in [5.74, 6) is -1.10. The third kappa shape index (κ3) is 3.94. The summed E-state index contributed by atoms with van der Waals surface area (Å²) in [6, 6.07) is 15.1. The average molecular weight is 395 g/mol. The van der Waals surface area contributed by atoms with Gasteiger partial charge in [0.25, 0.3) is 5.91 Å². The molecule has 0 spiro atoms. The molecule has 142 valence electrons. The van der Waals surface area contributed by atoms with E-state index < -0.39 is 5.82 Å². The first-order chi connectivity index (χ1) is 13.6. The fraction of sp³-hybridized carbons (Fsp3) is 0.190. The van der Waals surface area contributed by atoms with Crippen LogP contribution in [0, 0.1) is 5.82 Å². The lowest BCUT2D eigenvalue weighted by Gasteiger charge is -2.10. The summed E-state index contributed by atoms with van der Waals surface area (Å²) < 4.78 is 13.0. The van der Waals surface area contributed by atoms with Gasteiger partial charge in [-0.3, -0.25) is 14.9 Å². The molecule has 7 heteroatoms. The Kier molecular flexibility index (Phi) is 5.16. The van der Waals surface area contributed by atoms with Crippen LogP contribution in [0.15, 0.2) is 54.6 Å². The van der Waals surface area contributed by atoms with Crippen LogP contribution in [0.2, 0.25) is 0 Å². The molecule has 3 aromatic rings. The van der Waals surface area contributed by atoms with Gasteiger partial charge in [-0.05, 0) is 42.7 Å². The van der Waals surface area contributed by atoms with Crippen molar-refractivity contribution in [2.45, 2.75) is 25.3 Å². The molecule has 0 radical (unpaired) electrons. The van der Waals surface area contributed by atoms with Crippen LogP contribution >= 0.6 is 11.3 Å². The van der Waals surface area contributed by atoms with E-state index in [1.165, 1.54) is 35.6 Å². The number of carbonyl (C=O) groups excluding carboxylic acids is 2. The van der Waals surface area contributed by atoms with E-state index >= 15 is 0 Å². The number of carbonyl (C=O) groups is 2. The maximum atomic E-state index is 13.0. The van der Waals surface area contributed by atoms with Crippen LogP contribution in [0.4, 0.5) is 9.52 Å². The van der Waals surface area contributed by atoms with Gasteiger partial charge >= 0.3 is 0 Å². The molecular weight excluding hydrogens is 377 g/mol. The number of fused-ring (bicyclic) bond motifs is 1. The summed E-state index contributed by atoms with van der Waals surface area (Å²) in [6.07, 6.45) is 1.49. The molecule has 5 nitrogen and oxygen atoms in total. The molecule has 28 heavy (non-hydrogen) atoms. The Labute approximate surface area is 165 Å². The van der Waals surface area contributed by atoms with Crippen molar-refractivity contribution in [2.75, 3.05) is 5.32 Å². The third-order valence-corrected chi connectivity index (χ3v) is 5.72. The minimum absolute atomic E-state index is 0.0516. The fourth-order valence-corrected chi connectivity index (χ4v) is 4.25. The zero-order chi connectivity index (χ0) is 19.5. The van der Waals surface area contributed by atoms with Crippen LogP contribution < -0.4 is 10.6 Å². The first kappa shape index (κ1) is 18.3. The van der Waals surface area contributed by atoms with Gasteiger partial charge in [0.1, 0.15) is 5.82 Å². The zero-order valence-corrected chi connectivity index (χ0v) is 15.8. The van der Waals surface area contributed by atoms with Crippen molar-refractivity contribution < 1.29 is 14.0 Å². The Morgan fingerprint density at radius 2 is 1.86 bits per heavy atom. The lowest BCUT2D eigenvalue weighted by atomic mass is 10.1. The van der Waals surface area contributed by atoms with E-state index in [1.54, 1.807) is 0 Å². The van der Waals surface area contributed by atoms with Gasteiger partial charge in [-0.1, -0.05) is 30.3 Å². The smallest absolute Gasteiger partial charge is 0.257 e. The number of nitrogens with one attached hydrogen (secondary N) is 2. The molecule has 1 aliphatic rings. The zero-order valence-electron chi connectivity index (χ0n) is 14.9. The number of benzene rings is 2. The van der Waals surface area contributed by atoms with Crippen molar-refractivity contribution in [3.05, 3.63) is 82.1 Å². The van der Waals surface area contributed by atoms with E-state index in [0.717, 1.165) is 29.0 Å². The predicted molar refractivity (Wildman–Crippen MR) is 106 cm³/mol. The van der Waals surface area contributed by atoms with Crippen LogP contribution in [0.5, 0.6) is 0 Å². The summed E-state index contributed by atoms with van der Waals surface area (Å²) in [6.45, 7) is 0.476. The number of thiazole rings is 1. The highest BCUT2D eigenvalue weighted by Gasteiger charge is 2.32.